The van der Waals surface area contributed by atoms with E-state index in [1.165, 1.54) is 6.07 Å². The van der Waals surface area contributed by atoms with Gasteiger partial charge in [0.15, 0.2) is 0 Å². The molecule has 0 aromatic heterocycles. The first-order valence-corrected chi connectivity index (χ1v) is 10.3. The number of hydrogen-bond acceptors (Lipinski definition) is 5. The van der Waals surface area contributed by atoms with Crippen LogP contribution in [0.1, 0.15) is 13.8 Å². The lowest BCUT2D eigenvalue weighted by molar-refractivity contribution is 0.119. The lowest BCUT2D eigenvalue weighted by atomic mass is 10.1. The van der Waals surface area contributed by atoms with E-state index < -0.39 is 15.6 Å². The van der Waals surface area contributed by atoms with Crippen LogP contribution < -0.4 is 4.83 Å². The second kappa shape index (κ2) is 7.76. The molecule has 24 heavy (non-hydrogen) atoms. The van der Waals surface area contributed by atoms with Gasteiger partial charge in [0, 0.05) is 5.39 Å². The summed E-state index contributed by atoms with van der Waals surface area (Å²) >= 11 is 0. The molecular formula is C14H19NO7P2. The topological polar surface area (TPSA) is 106 Å². The van der Waals surface area contributed by atoms with Crippen LogP contribution in [-0.2, 0) is 22.8 Å². The highest BCUT2D eigenvalue weighted by atomic mass is 31.2. The Morgan fingerprint density at radius 3 is 2.12 bits per heavy atom. The lowest BCUT2D eigenvalue weighted by Crippen LogP contribution is -2.20. The highest BCUT2D eigenvalue weighted by Gasteiger charge is 2.38. The van der Waals surface area contributed by atoms with E-state index in [0.29, 0.717) is 10.2 Å². The van der Waals surface area contributed by atoms with E-state index in [9.17, 15) is 18.9 Å². The Hall–Kier alpha value is -1.24. The van der Waals surface area contributed by atoms with E-state index in [0.717, 1.165) is 5.39 Å². The molecular weight excluding hydrogens is 356 g/mol. The van der Waals surface area contributed by atoms with Gasteiger partial charge >= 0.3 is 15.6 Å². The van der Waals surface area contributed by atoms with Gasteiger partial charge in [-0.3, -0.25) is 9.05 Å². The fourth-order valence-electron chi connectivity index (χ4n) is 2.10. The maximum atomic E-state index is 12.5. The zero-order valence-corrected chi connectivity index (χ0v) is 15.0. The molecule has 2 N–H and O–H groups in total. The van der Waals surface area contributed by atoms with Crippen molar-refractivity contribution in [2.45, 2.75) is 13.8 Å². The fraction of sp³-hybridized carbons (Fsp3) is 0.286. The summed E-state index contributed by atoms with van der Waals surface area (Å²) in [7, 11) is -9.15. The van der Waals surface area contributed by atoms with Crippen LogP contribution in [0.2, 0.25) is 0 Å². The maximum absolute atomic E-state index is 12.5. The molecule has 0 radical (unpaired) electrons. The Morgan fingerprint density at radius 1 is 0.958 bits per heavy atom. The molecule has 8 nitrogen and oxygen atoms in total. The number of benzene rings is 2. The number of anilines is 1. The van der Waals surface area contributed by atoms with Crippen LogP contribution in [0.25, 0.3) is 10.8 Å². The predicted molar refractivity (Wildman–Crippen MR) is 90.4 cm³/mol. The van der Waals surface area contributed by atoms with Crippen molar-refractivity contribution in [3.63, 3.8) is 0 Å². The predicted octanol–water partition coefficient (Wildman–Crippen LogP) is 3.85. The van der Waals surface area contributed by atoms with Gasteiger partial charge in [-0.05, 0) is 25.3 Å². The summed E-state index contributed by atoms with van der Waals surface area (Å²) in [6.07, 6.45) is 0. The molecule has 0 heterocycles. The first kappa shape index (κ1) is 19.1. The van der Waals surface area contributed by atoms with Crippen LogP contribution in [0.3, 0.4) is 0 Å². The summed E-state index contributed by atoms with van der Waals surface area (Å²) in [5.41, 5.74) is 0.0565. The molecule has 0 unspecified atom stereocenters. The van der Waals surface area contributed by atoms with Gasteiger partial charge in [0.05, 0.1) is 18.9 Å². The number of phosphoric acid groups is 1. The van der Waals surface area contributed by atoms with Crippen molar-refractivity contribution in [2.75, 3.05) is 18.0 Å². The van der Waals surface area contributed by atoms with Crippen molar-refractivity contribution < 1.29 is 32.6 Å². The molecule has 0 saturated carbocycles. The third-order valence-electron chi connectivity index (χ3n) is 2.96. The molecule has 132 valence electrons. The first-order chi connectivity index (χ1) is 11.3. The molecule has 0 amide bonds. The molecule has 0 bridgehead atoms. The molecule has 2 aromatic rings. The van der Waals surface area contributed by atoms with Crippen molar-refractivity contribution in [3.05, 3.63) is 42.5 Å². The maximum Gasteiger partial charge on any atom is 0.496 e. The van der Waals surface area contributed by atoms with Gasteiger partial charge in [-0.25, -0.2) is 9.13 Å². The molecule has 2 rings (SSSR count). The molecule has 0 fully saturated rings. The average Bonchev–Trinajstić information content (AvgIpc) is 2.52. The van der Waals surface area contributed by atoms with Gasteiger partial charge in [0.1, 0.15) is 0 Å². The molecule has 0 aliphatic rings. The molecule has 0 aliphatic heterocycles. The highest BCUT2D eigenvalue weighted by molar-refractivity contribution is 7.55. The second-order valence-corrected chi connectivity index (χ2v) is 7.61. The van der Waals surface area contributed by atoms with E-state index >= 15 is 0 Å². The lowest BCUT2D eigenvalue weighted by Gasteiger charge is -2.28. The summed E-state index contributed by atoms with van der Waals surface area (Å²) in [4.78, 5) is 19.6. The first-order valence-electron chi connectivity index (χ1n) is 7.23. The zero-order chi connectivity index (χ0) is 17.8. The second-order valence-electron chi connectivity index (χ2n) is 4.65. The summed E-state index contributed by atoms with van der Waals surface area (Å²) < 4.78 is 39.4. The van der Waals surface area contributed by atoms with Crippen LogP contribution in [0.5, 0.6) is 0 Å². The van der Waals surface area contributed by atoms with Crippen LogP contribution in [0, 0.1) is 0 Å². The Balaban J connectivity index is 2.53. The van der Waals surface area contributed by atoms with Crippen LogP contribution in [0.15, 0.2) is 42.5 Å². The summed E-state index contributed by atoms with van der Waals surface area (Å²) in [6.45, 7) is 3.10. The number of phosphoric ester groups is 1. The minimum atomic E-state index is -4.97. The largest absolute Gasteiger partial charge is 0.496 e. The standard InChI is InChI=1S/C14H19NO7P2/c1-3-20-24(19,21-4-2)22-15(23(16,17)18)14-11-7-9-12-8-5-6-10-13(12)14/h5-11H,3-4H2,1-2H3,(H2,16,17,18). The smallest absolute Gasteiger partial charge is 0.307 e. The van der Waals surface area contributed by atoms with Crippen molar-refractivity contribution in [3.8, 4) is 0 Å². The zero-order valence-electron chi connectivity index (χ0n) is 13.2. The third kappa shape index (κ3) is 4.43. The molecule has 0 atom stereocenters. The van der Waals surface area contributed by atoms with E-state index in [-0.39, 0.29) is 18.9 Å². The van der Waals surface area contributed by atoms with Gasteiger partial charge in [-0.15, -0.1) is 4.83 Å². The Bertz CT molecular complexity index is 776. The quantitative estimate of drug-likeness (QED) is 0.529. The van der Waals surface area contributed by atoms with Crippen LogP contribution >= 0.6 is 15.6 Å². The van der Waals surface area contributed by atoms with Crippen LogP contribution in [0.4, 0.5) is 5.69 Å². The van der Waals surface area contributed by atoms with Gasteiger partial charge in [-0.2, -0.15) is 4.62 Å². The van der Waals surface area contributed by atoms with E-state index in [1.54, 1.807) is 50.2 Å². The molecule has 0 aliphatic carbocycles. The Morgan fingerprint density at radius 2 is 1.54 bits per heavy atom. The average molecular weight is 375 g/mol. The van der Waals surface area contributed by atoms with E-state index in [2.05, 4.69) is 0 Å². The van der Waals surface area contributed by atoms with Gasteiger partial charge < -0.3 is 9.79 Å². The summed E-state index contributed by atoms with van der Waals surface area (Å²) in [6, 6.07) is 11.8. The normalized spacial score (nSPS) is 12.5. The highest BCUT2D eigenvalue weighted by Crippen LogP contribution is 2.57. The summed E-state index contributed by atoms with van der Waals surface area (Å²) in [5, 5.41) is 1.25. The van der Waals surface area contributed by atoms with Crippen molar-refractivity contribution in [1.82, 2.24) is 0 Å². The molecule has 2 aromatic carbocycles. The molecule has 0 saturated heterocycles. The van der Waals surface area contributed by atoms with Gasteiger partial charge in [0.25, 0.3) is 0 Å². The molecule has 10 heteroatoms. The van der Waals surface area contributed by atoms with Crippen molar-refractivity contribution in [2.24, 2.45) is 0 Å². The number of rotatable bonds is 8. The Labute approximate surface area is 139 Å². The molecule has 0 spiro atoms. The number of hydrogen-bond donors (Lipinski definition) is 2. The monoisotopic (exact) mass is 375 g/mol. The number of nitrogens with zero attached hydrogens (tertiary/aromatic N) is 1. The SMILES string of the molecule is CCOP(=O)(OCC)ON(c1cccc2ccccc12)P(=O)(O)O. The van der Waals surface area contributed by atoms with Crippen molar-refractivity contribution >= 4 is 32.0 Å². The summed E-state index contributed by atoms with van der Waals surface area (Å²) in [5.74, 6) is 0. The fourth-order valence-corrected chi connectivity index (χ4v) is 4.29. The van der Waals surface area contributed by atoms with E-state index in [1.807, 2.05) is 0 Å². The van der Waals surface area contributed by atoms with E-state index in [4.69, 9.17) is 13.7 Å². The number of fused-ring (bicyclic) bond motifs is 1. The van der Waals surface area contributed by atoms with Crippen LogP contribution in [-0.4, -0.2) is 23.0 Å². The third-order valence-corrected chi connectivity index (χ3v) is 5.37. The minimum absolute atomic E-state index is 0.0121. The minimum Gasteiger partial charge on any atom is -0.307 e. The van der Waals surface area contributed by atoms with Crippen molar-refractivity contribution in [1.29, 1.82) is 0 Å². The van der Waals surface area contributed by atoms with Gasteiger partial charge in [-0.1, -0.05) is 36.4 Å². The van der Waals surface area contributed by atoms with Gasteiger partial charge in [0.2, 0.25) is 0 Å². The Kier molecular flexibility index (Phi) is 6.17.